The van der Waals surface area contributed by atoms with Crippen LogP contribution in [0.4, 0.5) is 0 Å². The number of fused-ring (bicyclic) bond motifs is 1. The van der Waals surface area contributed by atoms with Crippen LogP contribution in [0.15, 0.2) is 60.9 Å². The van der Waals surface area contributed by atoms with E-state index in [4.69, 9.17) is 5.26 Å². The van der Waals surface area contributed by atoms with E-state index in [1.165, 1.54) is 5.56 Å². The van der Waals surface area contributed by atoms with E-state index < -0.39 is 0 Å². The zero-order valence-corrected chi connectivity index (χ0v) is 17.5. The van der Waals surface area contributed by atoms with Gasteiger partial charge in [-0.05, 0) is 29.8 Å². The van der Waals surface area contributed by atoms with Crippen molar-refractivity contribution in [2.75, 3.05) is 13.6 Å². The third kappa shape index (κ3) is 5.05. The Balaban J connectivity index is 1.40. The van der Waals surface area contributed by atoms with Crippen molar-refractivity contribution in [3.63, 3.8) is 0 Å². The van der Waals surface area contributed by atoms with Gasteiger partial charge in [0.15, 0.2) is 5.78 Å². The summed E-state index contributed by atoms with van der Waals surface area (Å²) in [4.78, 5) is 14.9. The van der Waals surface area contributed by atoms with Crippen molar-refractivity contribution >= 4 is 16.7 Å². The minimum absolute atomic E-state index is 0.0283. The second-order valence-corrected chi connectivity index (χ2v) is 7.73. The predicted molar refractivity (Wildman–Crippen MR) is 118 cm³/mol. The first-order valence-corrected chi connectivity index (χ1v) is 10.2. The summed E-state index contributed by atoms with van der Waals surface area (Å²) in [5, 5.41) is 21.1. The molecule has 0 saturated heterocycles. The van der Waals surface area contributed by atoms with E-state index in [-0.39, 0.29) is 12.2 Å². The van der Waals surface area contributed by atoms with Crippen molar-refractivity contribution in [2.24, 2.45) is 0 Å². The molecule has 2 aromatic heterocycles. The minimum Gasteiger partial charge on any atom is -0.301 e. The maximum atomic E-state index is 12.7. The Labute approximate surface area is 180 Å². The second kappa shape index (κ2) is 9.37. The Kier molecular flexibility index (Phi) is 6.20. The topological polar surface area (TPSA) is 90.6 Å². The third-order valence-electron chi connectivity index (χ3n) is 5.18. The van der Waals surface area contributed by atoms with Gasteiger partial charge >= 0.3 is 0 Å². The number of hydrogen-bond donors (Lipinski definition) is 1. The minimum atomic E-state index is -0.0283. The van der Waals surface area contributed by atoms with Crippen molar-refractivity contribution in [1.82, 2.24) is 24.9 Å². The molecule has 0 spiro atoms. The van der Waals surface area contributed by atoms with Gasteiger partial charge in [0.25, 0.3) is 0 Å². The number of benzene rings is 2. The lowest BCUT2D eigenvalue weighted by molar-refractivity contribution is 0.0989. The van der Waals surface area contributed by atoms with Crippen LogP contribution in [0.5, 0.6) is 0 Å². The van der Waals surface area contributed by atoms with Crippen LogP contribution in [0.2, 0.25) is 0 Å². The number of nitriles is 1. The normalized spacial score (nSPS) is 11.1. The van der Waals surface area contributed by atoms with E-state index in [2.05, 4.69) is 44.5 Å². The highest BCUT2D eigenvalue weighted by molar-refractivity contribution is 6.06. The number of nitrogens with zero attached hydrogens (tertiary/aromatic N) is 5. The Morgan fingerprint density at radius 2 is 2.00 bits per heavy atom. The van der Waals surface area contributed by atoms with Crippen LogP contribution in [-0.4, -0.2) is 44.3 Å². The first-order chi connectivity index (χ1) is 15.1. The molecule has 0 amide bonds. The summed E-state index contributed by atoms with van der Waals surface area (Å²) in [6.07, 6.45) is 4.45. The van der Waals surface area contributed by atoms with Crippen LogP contribution >= 0.6 is 0 Å². The van der Waals surface area contributed by atoms with Crippen LogP contribution in [0.3, 0.4) is 0 Å². The van der Waals surface area contributed by atoms with Gasteiger partial charge in [-0.15, -0.1) is 0 Å². The van der Waals surface area contributed by atoms with Crippen LogP contribution in [0.1, 0.15) is 33.6 Å². The lowest BCUT2D eigenvalue weighted by atomic mass is 10.1. The van der Waals surface area contributed by atoms with Gasteiger partial charge in [-0.1, -0.05) is 42.5 Å². The molecule has 156 valence electrons. The Morgan fingerprint density at radius 1 is 1.16 bits per heavy atom. The van der Waals surface area contributed by atoms with E-state index in [0.717, 1.165) is 35.1 Å². The molecular formula is C24H24N6O. The smallest absolute Gasteiger partial charge is 0.188 e. The fraction of sp³-hybridized carbons (Fsp3) is 0.250. The molecule has 2 aromatic carbocycles. The van der Waals surface area contributed by atoms with Gasteiger partial charge < -0.3 is 4.90 Å². The van der Waals surface area contributed by atoms with E-state index in [1.54, 1.807) is 6.20 Å². The lowest BCUT2D eigenvalue weighted by Gasteiger charge is -2.15. The number of aromatic nitrogens is 4. The van der Waals surface area contributed by atoms with Crippen molar-refractivity contribution < 1.29 is 4.79 Å². The highest BCUT2D eigenvalue weighted by Crippen LogP contribution is 2.17. The molecule has 0 bridgehead atoms. The van der Waals surface area contributed by atoms with E-state index in [0.29, 0.717) is 18.7 Å². The second-order valence-electron chi connectivity index (χ2n) is 7.73. The summed E-state index contributed by atoms with van der Waals surface area (Å²) in [7, 11) is 2.02. The molecule has 31 heavy (non-hydrogen) atoms. The van der Waals surface area contributed by atoms with Crippen LogP contribution in [0.25, 0.3) is 10.9 Å². The molecule has 4 rings (SSSR count). The number of aromatic amines is 1. The van der Waals surface area contributed by atoms with E-state index in [9.17, 15) is 4.79 Å². The third-order valence-corrected chi connectivity index (χ3v) is 5.18. The highest BCUT2D eigenvalue weighted by Gasteiger charge is 2.15. The highest BCUT2D eigenvalue weighted by atomic mass is 16.1. The molecule has 7 nitrogen and oxygen atoms in total. The van der Waals surface area contributed by atoms with E-state index in [1.807, 2.05) is 48.3 Å². The summed E-state index contributed by atoms with van der Waals surface area (Å²) in [6, 6.07) is 18.2. The van der Waals surface area contributed by atoms with Crippen LogP contribution in [0, 0.1) is 11.3 Å². The molecule has 2 heterocycles. The standard InChI is InChI=1S/C24H24N6O/c1-29(11-5-10-25)15-18-6-4-7-19(12-18)16-30-17-20(14-26-30)13-23(31)24-21-8-2-3-9-22(21)27-28-24/h2-4,6-9,12,14,17H,5,11,13,15-16H2,1H3,(H,27,28). The molecule has 0 aliphatic heterocycles. The van der Waals surface area contributed by atoms with Gasteiger partial charge in [0.2, 0.25) is 0 Å². The Hall–Kier alpha value is -3.76. The molecule has 0 aliphatic rings. The van der Waals surface area contributed by atoms with Crippen molar-refractivity contribution in [3.8, 4) is 6.07 Å². The summed E-state index contributed by atoms with van der Waals surface area (Å²) < 4.78 is 1.85. The van der Waals surface area contributed by atoms with Gasteiger partial charge in [-0.25, -0.2) is 0 Å². The number of H-pyrrole nitrogens is 1. The number of carbonyl (C=O) groups excluding carboxylic acids is 1. The Bertz CT molecular complexity index is 1230. The van der Waals surface area contributed by atoms with Gasteiger partial charge in [-0.3, -0.25) is 14.6 Å². The molecule has 0 atom stereocenters. The summed E-state index contributed by atoms with van der Waals surface area (Å²) >= 11 is 0. The predicted octanol–water partition coefficient (Wildman–Crippen LogP) is 3.58. The van der Waals surface area contributed by atoms with Crippen molar-refractivity contribution in [3.05, 3.63) is 83.3 Å². The van der Waals surface area contributed by atoms with Crippen LogP contribution in [-0.2, 0) is 19.5 Å². The number of carbonyl (C=O) groups is 1. The summed E-state index contributed by atoms with van der Waals surface area (Å²) in [5.41, 5.74) is 4.54. The van der Waals surface area contributed by atoms with Crippen molar-refractivity contribution in [1.29, 1.82) is 5.26 Å². The monoisotopic (exact) mass is 412 g/mol. The number of ketones is 1. The fourth-order valence-corrected chi connectivity index (χ4v) is 3.67. The SMILES string of the molecule is CN(CCC#N)Cc1cccc(Cn2cc(CC(=O)c3n[nH]c4ccccc34)cn2)c1. The average molecular weight is 412 g/mol. The molecule has 7 heteroatoms. The number of hydrogen-bond acceptors (Lipinski definition) is 5. The molecule has 0 saturated carbocycles. The van der Waals surface area contributed by atoms with Gasteiger partial charge in [-0.2, -0.15) is 15.5 Å². The molecule has 4 aromatic rings. The lowest BCUT2D eigenvalue weighted by Crippen LogP contribution is -2.18. The molecule has 0 unspecified atom stereocenters. The summed E-state index contributed by atoms with van der Waals surface area (Å²) in [5.74, 6) is -0.0283. The maximum absolute atomic E-state index is 12.7. The molecule has 0 aliphatic carbocycles. The number of para-hydroxylation sites is 1. The van der Waals surface area contributed by atoms with Crippen LogP contribution < -0.4 is 0 Å². The van der Waals surface area contributed by atoms with Gasteiger partial charge in [0, 0.05) is 37.5 Å². The quantitative estimate of drug-likeness (QED) is 0.424. The molecule has 0 fully saturated rings. The number of Topliss-reactive ketones (excluding diaryl/α,β-unsaturated/α-hetero) is 1. The van der Waals surface area contributed by atoms with E-state index >= 15 is 0 Å². The number of rotatable bonds is 9. The Morgan fingerprint density at radius 3 is 2.87 bits per heavy atom. The molecule has 1 N–H and O–H groups in total. The first kappa shape index (κ1) is 20.5. The summed E-state index contributed by atoms with van der Waals surface area (Å²) in [6.45, 7) is 2.18. The van der Waals surface area contributed by atoms with Gasteiger partial charge in [0.1, 0.15) is 5.69 Å². The first-order valence-electron chi connectivity index (χ1n) is 10.2. The average Bonchev–Trinajstić information content (AvgIpc) is 3.39. The van der Waals surface area contributed by atoms with Crippen molar-refractivity contribution in [2.45, 2.75) is 25.9 Å². The molecule has 0 radical (unpaired) electrons. The number of nitrogens with one attached hydrogen (secondary N) is 1. The fourth-order valence-electron chi connectivity index (χ4n) is 3.67. The zero-order valence-electron chi connectivity index (χ0n) is 17.5. The van der Waals surface area contributed by atoms with Gasteiger partial charge in [0.05, 0.1) is 24.3 Å². The maximum Gasteiger partial charge on any atom is 0.188 e. The molecular weight excluding hydrogens is 388 g/mol. The largest absolute Gasteiger partial charge is 0.301 e. The zero-order chi connectivity index (χ0) is 21.6.